The van der Waals surface area contributed by atoms with Gasteiger partial charge in [0.1, 0.15) is 17.0 Å². The van der Waals surface area contributed by atoms with Crippen molar-refractivity contribution in [3.05, 3.63) is 17.8 Å². The molecule has 0 radical (unpaired) electrons. The van der Waals surface area contributed by atoms with Gasteiger partial charge >= 0.3 is 0 Å². The van der Waals surface area contributed by atoms with Crippen LogP contribution in [0.5, 0.6) is 5.88 Å². The average Bonchev–Trinajstić information content (AvgIpc) is 3.11. The summed E-state index contributed by atoms with van der Waals surface area (Å²) in [7, 11) is 0. The number of nitrogens with zero attached hydrogens (tertiary/aromatic N) is 4. The second kappa shape index (κ2) is 6.79. The fraction of sp³-hybridized carbons (Fsp3) is 0.500. The number of amides is 2. The highest BCUT2D eigenvalue weighted by Crippen LogP contribution is 2.21. The number of ether oxygens (including phenoxy) is 1. The Kier molecular flexibility index (Phi) is 4.76. The predicted molar refractivity (Wildman–Crippen MR) is 89.2 cm³/mol. The highest BCUT2D eigenvalue weighted by atomic mass is 32.2. The Morgan fingerprint density at radius 2 is 2.30 bits per heavy atom. The lowest BCUT2D eigenvalue weighted by atomic mass is 10.3. The van der Waals surface area contributed by atoms with E-state index in [1.165, 1.54) is 16.7 Å². The molecule has 2 saturated heterocycles. The molecule has 122 valence electrons. The number of likely N-dealkylation sites (tertiary alicyclic amines) is 1. The number of aromatic nitrogens is 2. The van der Waals surface area contributed by atoms with E-state index in [1.54, 1.807) is 11.0 Å². The summed E-state index contributed by atoms with van der Waals surface area (Å²) in [6, 6.07) is 3.60. The van der Waals surface area contributed by atoms with E-state index in [0.717, 1.165) is 12.1 Å². The summed E-state index contributed by atoms with van der Waals surface area (Å²) < 4.78 is 6.22. The molecule has 0 aliphatic carbocycles. The van der Waals surface area contributed by atoms with Crippen molar-refractivity contribution in [3.8, 4) is 5.88 Å². The van der Waals surface area contributed by atoms with E-state index in [9.17, 15) is 9.59 Å². The molecule has 2 amide bonds. The SMILES string of the molecule is Cc1ccc(OC2CCN(C(=O)CN3C(=O)CSC3=S)C2)nn1. The minimum absolute atomic E-state index is 0.0156. The average molecular weight is 352 g/mol. The fourth-order valence-electron chi connectivity index (χ4n) is 2.44. The van der Waals surface area contributed by atoms with Crippen molar-refractivity contribution in [2.75, 3.05) is 25.4 Å². The Bertz CT molecular complexity index is 621. The van der Waals surface area contributed by atoms with Crippen LogP contribution in [0.1, 0.15) is 12.1 Å². The van der Waals surface area contributed by atoms with Gasteiger partial charge in [0, 0.05) is 19.0 Å². The van der Waals surface area contributed by atoms with Gasteiger partial charge in [-0.05, 0) is 13.0 Å². The van der Waals surface area contributed by atoms with Gasteiger partial charge < -0.3 is 9.64 Å². The first kappa shape index (κ1) is 16.1. The minimum atomic E-state index is -0.107. The van der Waals surface area contributed by atoms with Crippen molar-refractivity contribution in [1.29, 1.82) is 0 Å². The number of aryl methyl sites for hydroxylation is 1. The highest BCUT2D eigenvalue weighted by molar-refractivity contribution is 8.23. The van der Waals surface area contributed by atoms with Crippen LogP contribution in [0.3, 0.4) is 0 Å². The van der Waals surface area contributed by atoms with Crippen molar-refractivity contribution in [2.45, 2.75) is 19.4 Å². The zero-order valence-electron chi connectivity index (χ0n) is 12.6. The Balaban J connectivity index is 1.52. The van der Waals surface area contributed by atoms with E-state index in [4.69, 9.17) is 17.0 Å². The molecule has 1 aromatic heterocycles. The molecule has 2 aliphatic rings. The normalized spacial score (nSPS) is 21.2. The van der Waals surface area contributed by atoms with Crippen molar-refractivity contribution in [2.24, 2.45) is 0 Å². The van der Waals surface area contributed by atoms with Crippen LogP contribution in [0.15, 0.2) is 12.1 Å². The van der Waals surface area contributed by atoms with Gasteiger partial charge in [0.25, 0.3) is 0 Å². The monoisotopic (exact) mass is 352 g/mol. The van der Waals surface area contributed by atoms with Crippen molar-refractivity contribution >= 4 is 40.1 Å². The molecule has 2 fully saturated rings. The van der Waals surface area contributed by atoms with E-state index in [-0.39, 0.29) is 24.5 Å². The van der Waals surface area contributed by atoms with Gasteiger partial charge in [-0.25, -0.2) is 0 Å². The maximum Gasteiger partial charge on any atom is 0.242 e. The largest absolute Gasteiger partial charge is 0.471 e. The second-order valence-corrected chi connectivity index (χ2v) is 7.02. The van der Waals surface area contributed by atoms with E-state index in [0.29, 0.717) is 29.0 Å². The van der Waals surface area contributed by atoms with E-state index >= 15 is 0 Å². The van der Waals surface area contributed by atoms with Crippen LogP contribution in [0.25, 0.3) is 0 Å². The van der Waals surface area contributed by atoms with Crippen molar-refractivity contribution in [1.82, 2.24) is 20.0 Å². The molecule has 9 heteroatoms. The maximum atomic E-state index is 12.3. The number of carbonyl (C=O) groups is 2. The van der Waals surface area contributed by atoms with Crippen LogP contribution in [0.2, 0.25) is 0 Å². The van der Waals surface area contributed by atoms with Gasteiger partial charge in [-0.1, -0.05) is 24.0 Å². The second-order valence-electron chi connectivity index (χ2n) is 5.42. The molecule has 7 nitrogen and oxygen atoms in total. The minimum Gasteiger partial charge on any atom is -0.471 e. The molecule has 0 saturated carbocycles. The van der Waals surface area contributed by atoms with E-state index < -0.39 is 0 Å². The molecular formula is C14H16N4O3S2. The Hall–Kier alpha value is -1.74. The quantitative estimate of drug-likeness (QED) is 0.736. The first-order valence-corrected chi connectivity index (χ1v) is 8.64. The summed E-state index contributed by atoms with van der Waals surface area (Å²) >= 11 is 6.39. The Morgan fingerprint density at radius 1 is 1.48 bits per heavy atom. The molecule has 0 N–H and O–H groups in total. The predicted octanol–water partition coefficient (Wildman–Crippen LogP) is 0.625. The zero-order valence-corrected chi connectivity index (χ0v) is 14.2. The molecule has 2 aliphatic heterocycles. The van der Waals surface area contributed by atoms with Crippen LogP contribution in [0, 0.1) is 6.92 Å². The van der Waals surface area contributed by atoms with Gasteiger partial charge in [-0.2, -0.15) is 5.10 Å². The summed E-state index contributed by atoms with van der Waals surface area (Å²) in [6.07, 6.45) is 0.626. The third-order valence-electron chi connectivity index (χ3n) is 3.69. The Labute approximate surface area is 143 Å². The van der Waals surface area contributed by atoms with Crippen LogP contribution < -0.4 is 4.74 Å². The van der Waals surface area contributed by atoms with Crippen LogP contribution in [-0.2, 0) is 9.59 Å². The third-order valence-corrected chi connectivity index (χ3v) is 5.13. The first-order chi connectivity index (χ1) is 11.0. The number of thiocarbonyl (C=S) groups is 1. The maximum absolute atomic E-state index is 12.3. The third kappa shape index (κ3) is 3.78. The molecule has 3 rings (SSSR count). The summed E-state index contributed by atoms with van der Waals surface area (Å²) in [6.45, 7) is 2.96. The smallest absolute Gasteiger partial charge is 0.242 e. The van der Waals surface area contributed by atoms with Gasteiger partial charge in [0.05, 0.1) is 18.0 Å². The number of hydrogen-bond donors (Lipinski definition) is 0. The first-order valence-electron chi connectivity index (χ1n) is 7.25. The van der Waals surface area contributed by atoms with Gasteiger partial charge in [0.2, 0.25) is 17.7 Å². The molecule has 0 spiro atoms. The summed E-state index contributed by atoms with van der Waals surface area (Å²) in [5.41, 5.74) is 0.824. The summed E-state index contributed by atoms with van der Waals surface area (Å²) in [5.74, 6) is 0.575. The van der Waals surface area contributed by atoms with Crippen LogP contribution in [0.4, 0.5) is 0 Å². The standard InChI is InChI=1S/C14H16N4O3S2/c1-9-2-3-11(16-15-9)21-10-4-5-17(6-10)12(19)7-18-13(20)8-23-14(18)22/h2-3,10H,4-8H2,1H3. The molecule has 0 aromatic carbocycles. The van der Waals surface area contributed by atoms with Crippen molar-refractivity contribution < 1.29 is 14.3 Å². The van der Waals surface area contributed by atoms with Crippen LogP contribution >= 0.6 is 24.0 Å². The molecule has 23 heavy (non-hydrogen) atoms. The number of hydrogen-bond acceptors (Lipinski definition) is 7. The highest BCUT2D eigenvalue weighted by Gasteiger charge is 2.33. The van der Waals surface area contributed by atoms with Gasteiger partial charge in [-0.15, -0.1) is 5.10 Å². The molecular weight excluding hydrogens is 336 g/mol. The molecule has 0 bridgehead atoms. The fourth-order valence-corrected chi connectivity index (χ4v) is 3.51. The summed E-state index contributed by atoms with van der Waals surface area (Å²) in [5, 5.41) is 7.91. The summed E-state index contributed by atoms with van der Waals surface area (Å²) in [4.78, 5) is 27.1. The lowest BCUT2D eigenvalue weighted by molar-refractivity contribution is -0.135. The van der Waals surface area contributed by atoms with Gasteiger partial charge in [-0.3, -0.25) is 14.5 Å². The molecule has 1 atom stereocenters. The molecule has 3 heterocycles. The number of carbonyl (C=O) groups excluding carboxylic acids is 2. The number of thioether (sulfide) groups is 1. The zero-order chi connectivity index (χ0) is 16.4. The number of rotatable bonds is 4. The Morgan fingerprint density at radius 3 is 2.96 bits per heavy atom. The molecule has 1 unspecified atom stereocenters. The van der Waals surface area contributed by atoms with Gasteiger partial charge in [0.15, 0.2) is 0 Å². The lowest BCUT2D eigenvalue weighted by Crippen LogP contribution is -2.41. The van der Waals surface area contributed by atoms with Crippen molar-refractivity contribution in [3.63, 3.8) is 0 Å². The van der Waals surface area contributed by atoms with E-state index in [2.05, 4.69) is 10.2 Å². The topological polar surface area (TPSA) is 75.6 Å². The van der Waals surface area contributed by atoms with Crippen LogP contribution in [-0.4, -0.2) is 67.6 Å². The van der Waals surface area contributed by atoms with E-state index in [1.807, 2.05) is 13.0 Å². The lowest BCUT2D eigenvalue weighted by Gasteiger charge is -2.20. The molecule has 1 aromatic rings.